The number of nitrogens with one attached hydrogen (secondary N) is 5. The monoisotopic (exact) mass is 1410 g/mol. The molecule has 1 aromatic carbocycles. The van der Waals surface area contributed by atoms with Crippen molar-refractivity contribution in [1.82, 2.24) is 26.6 Å². The van der Waals surface area contributed by atoms with E-state index in [1.54, 1.807) is 19.1 Å². The van der Waals surface area contributed by atoms with E-state index in [9.17, 15) is 90.4 Å². The predicted octanol–water partition coefficient (Wildman–Crippen LogP) is -5.88. The number of aliphatic hydroxyl groups is 13. The van der Waals surface area contributed by atoms with Crippen molar-refractivity contribution in [3.8, 4) is 5.75 Å². The summed E-state index contributed by atoms with van der Waals surface area (Å²) in [7, 11) is 0. The molecule has 98 heavy (non-hydrogen) atoms. The Bertz CT molecular complexity index is 2660. The third-order valence-corrected chi connectivity index (χ3v) is 18.3. The van der Waals surface area contributed by atoms with Crippen LogP contribution >= 0.6 is 0 Å². The van der Waals surface area contributed by atoms with Crippen molar-refractivity contribution in [2.45, 2.75) is 284 Å². The number of carbonyl (C=O) groups is 5. The highest BCUT2D eigenvalue weighted by Gasteiger charge is 2.58. The molecule has 6 aliphatic heterocycles. The zero-order chi connectivity index (χ0) is 71.8. The molecule has 1 aromatic rings. The lowest BCUT2D eigenvalue weighted by molar-refractivity contribution is -0.368. The lowest BCUT2D eigenvalue weighted by atomic mass is 9.91. The van der Waals surface area contributed by atoms with Crippen LogP contribution in [0.25, 0.3) is 0 Å². The van der Waals surface area contributed by atoms with E-state index in [1.807, 2.05) is 0 Å². The second kappa shape index (κ2) is 38.1. The van der Waals surface area contributed by atoms with Crippen LogP contribution in [0.2, 0.25) is 0 Å². The highest BCUT2D eigenvalue weighted by atomic mass is 16.8. The average Bonchev–Trinajstić information content (AvgIpc) is 0.772. The van der Waals surface area contributed by atoms with Crippen molar-refractivity contribution >= 4 is 29.5 Å². The van der Waals surface area contributed by atoms with Gasteiger partial charge in [-0.1, -0.05) is 71.3 Å². The third-order valence-electron chi connectivity index (χ3n) is 18.3. The number of benzene rings is 1. The molecule has 15 unspecified atom stereocenters. The second-order valence-electron chi connectivity index (χ2n) is 25.8. The van der Waals surface area contributed by atoms with Gasteiger partial charge in [0.2, 0.25) is 23.6 Å². The molecule has 30 atom stereocenters. The van der Waals surface area contributed by atoms with Crippen LogP contribution in [-0.2, 0) is 71.3 Å². The number of unbranched alkanes of at least 4 members (excludes halogenated alkanes) is 8. The largest absolute Gasteiger partial charge is 0.494 e. The van der Waals surface area contributed by atoms with Crippen molar-refractivity contribution in [1.29, 1.82) is 0 Å². The van der Waals surface area contributed by atoms with E-state index >= 15 is 0 Å². The molecule has 35 nitrogen and oxygen atoms in total. The first kappa shape index (κ1) is 80.7. The molecule has 6 heterocycles. The van der Waals surface area contributed by atoms with Gasteiger partial charge in [-0.15, -0.1) is 0 Å². The van der Waals surface area contributed by atoms with E-state index < -0.39 is 246 Å². The molecule has 35 heteroatoms. The fourth-order valence-electron chi connectivity index (χ4n) is 13.0. The zero-order valence-electron chi connectivity index (χ0n) is 56.0. The van der Waals surface area contributed by atoms with Gasteiger partial charge in [-0.2, -0.15) is 0 Å². The van der Waals surface area contributed by atoms with Crippen LogP contribution in [0.5, 0.6) is 5.75 Å². The molecule has 5 amide bonds. The van der Waals surface area contributed by atoms with Crippen molar-refractivity contribution in [3.63, 3.8) is 0 Å². The van der Waals surface area contributed by atoms with Gasteiger partial charge in [-0.3, -0.25) is 24.0 Å². The highest BCUT2D eigenvalue weighted by molar-refractivity contribution is 5.94. The van der Waals surface area contributed by atoms with Crippen LogP contribution in [-0.4, -0.2) is 313 Å². The minimum Gasteiger partial charge on any atom is -0.494 e. The average molecular weight is 1410 g/mol. The van der Waals surface area contributed by atoms with Crippen LogP contribution in [0.1, 0.15) is 117 Å². The summed E-state index contributed by atoms with van der Waals surface area (Å²) < 4.78 is 72.5. The number of carbonyl (C=O) groups excluding carboxylic acids is 5. The molecule has 6 fully saturated rings. The fourth-order valence-corrected chi connectivity index (χ4v) is 13.0. The molecule has 0 spiro atoms. The van der Waals surface area contributed by atoms with Gasteiger partial charge in [0.25, 0.3) is 5.91 Å². The summed E-state index contributed by atoms with van der Waals surface area (Å²) in [5.74, 6) is -4.34. The summed E-state index contributed by atoms with van der Waals surface area (Å²) in [6.45, 7) is 5.32. The van der Waals surface area contributed by atoms with Gasteiger partial charge < -0.3 is 150 Å². The summed E-state index contributed by atoms with van der Waals surface area (Å²) in [5.41, 5.74) is 0.0641. The predicted molar refractivity (Wildman–Crippen MR) is 332 cm³/mol. The summed E-state index contributed by atoms with van der Waals surface area (Å²) >= 11 is 0. The zero-order valence-corrected chi connectivity index (χ0v) is 56.0. The number of hydrogen-bond donors (Lipinski definition) is 18. The maximum atomic E-state index is 14.0. The Morgan fingerprint density at radius 1 is 0.429 bits per heavy atom. The Labute approximate surface area is 566 Å². The first-order valence-electron chi connectivity index (χ1n) is 33.5. The van der Waals surface area contributed by atoms with Crippen LogP contribution in [0.4, 0.5) is 0 Å². The van der Waals surface area contributed by atoms with E-state index in [0.717, 1.165) is 53.4 Å². The van der Waals surface area contributed by atoms with Gasteiger partial charge in [0, 0.05) is 39.2 Å². The summed E-state index contributed by atoms with van der Waals surface area (Å²) in [6, 6.07) is -2.33. The standard InChI is InChI=1S/C63H103N5O30/c1-8-9-10-11-12-13-14-15-16-20-87-34-19-17-18-33(21-34)57(85)68-41-48(80)47(79)35(22-69)91-59(41)95-53-36(23-70)92-60(42(50(53)82)65-30(5)74)96-54-37(24-71)93-61(43(51(54)83)66-31(6)75)97-55-38(25-72)94-62(44(52(55)84)67-32(7)76)98-56-39(90-58(86)40(49(56)81)64-29(4)73)26-88-63-46(78)27(2)45(77)28(3)89-63/h17-19,21,27-28,35-56,58-63,69-72,77-84,86H,8-16,20,22-26H2,1-7H3,(H,64,73)(H,65,74)(H,66,75)(H,67,76)(H,68,85)/t27-,28?,35?,36-,37?,38-,39?,40-,41-,42?,43-,44?,45?,46+,47+,48+,49+,50?,51+,52?,53+,54?,55+,56?,58?,59?,60?,61-,62?,63+/m0/s1. The summed E-state index contributed by atoms with van der Waals surface area (Å²) in [5, 5.41) is 159. The van der Waals surface area contributed by atoms with E-state index in [1.165, 1.54) is 51.2 Å². The molecule has 0 aliphatic carbocycles. The molecule has 0 aromatic heterocycles. The van der Waals surface area contributed by atoms with Gasteiger partial charge >= 0.3 is 0 Å². The third kappa shape index (κ3) is 20.6. The van der Waals surface area contributed by atoms with E-state index in [0.29, 0.717) is 12.4 Å². The maximum Gasteiger partial charge on any atom is 0.251 e. The number of hydrogen-bond acceptors (Lipinski definition) is 30. The maximum absolute atomic E-state index is 14.0. The SMILES string of the molecule is CCCCCCCCCCCOc1cccc(C(=O)N[C@@H]2C(O[C@H]3C(O)C(NC(C)=O)C(OC4C(CO)O[C@@H](O[C@H]5C(O)C(NC(C)=O)C(OC6C(CO[C@@H]7OC(C)C(O)[C@H](C)[C@H]7O)OC(O)[C@@H](NC(C)=O)[C@H]6O)O[C@H]5CO)[C@@H](NC(C)=O)[C@H]4O)O[C@H]3CO)OC(CO)[C@@H](O)[C@@H]2O)c1. The van der Waals surface area contributed by atoms with Crippen molar-refractivity contribution in [2.75, 3.05) is 39.6 Å². The van der Waals surface area contributed by atoms with E-state index in [4.69, 9.17) is 56.8 Å². The number of rotatable bonds is 32. The molecular weight excluding hydrogens is 1310 g/mol. The van der Waals surface area contributed by atoms with Crippen molar-refractivity contribution < 1.29 is 147 Å². The lowest BCUT2D eigenvalue weighted by Gasteiger charge is -2.51. The Morgan fingerprint density at radius 2 is 0.827 bits per heavy atom. The lowest BCUT2D eigenvalue weighted by Crippen LogP contribution is -2.72. The van der Waals surface area contributed by atoms with Gasteiger partial charge in [0.1, 0.15) is 134 Å². The highest BCUT2D eigenvalue weighted by Crippen LogP contribution is 2.37. The van der Waals surface area contributed by atoms with Gasteiger partial charge in [-0.05, 0) is 31.5 Å². The van der Waals surface area contributed by atoms with Crippen molar-refractivity contribution in [3.05, 3.63) is 29.8 Å². The van der Waals surface area contributed by atoms with Crippen LogP contribution in [0.3, 0.4) is 0 Å². The molecule has 0 bridgehead atoms. The van der Waals surface area contributed by atoms with Gasteiger partial charge in [-0.25, -0.2) is 0 Å². The number of amides is 5. The smallest absolute Gasteiger partial charge is 0.251 e. The summed E-state index contributed by atoms with van der Waals surface area (Å²) in [6.07, 6.45) is -31.3. The van der Waals surface area contributed by atoms with Crippen LogP contribution in [0.15, 0.2) is 24.3 Å². The second-order valence-corrected chi connectivity index (χ2v) is 25.8. The number of aliphatic hydroxyl groups excluding tert-OH is 13. The molecule has 18 N–H and O–H groups in total. The van der Waals surface area contributed by atoms with E-state index in [-0.39, 0.29) is 5.56 Å². The normalized spacial score (nSPS) is 39.8. The van der Waals surface area contributed by atoms with Crippen molar-refractivity contribution in [2.24, 2.45) is 5.92 Å². The first-order chi connectivity index (χ1) is 46.7. The molecule has 560 valence electrons. The minimum atomic E-state index is -2.06. The number of ether oxygens (including phenoxy) is 12. The molecule has 7 rings (SSSR count). The Morgan fingerprint density at radius 3 is 1.27 bits per heavy atom. The quantitative estimate of drug-likeness (QED) is 0.0299. The molecular formula is C63H103N5O30. The topological polar surface area (TPSA) is 519 Å². The molecule has 0 saturated carbocycles. The van der Waals surface area contributed by atoms with E-state index in [2.05, 4.69) is 33.5 Å². The summed E-state index contributed by atoms with van der Waals surface area (Å²) in [4.78, 5) is 65.1. The van der Waals surface area contributed by atoms with Crippen LogP contribution in [0, 0.1) is 5.92 Å². The Hall–Kier alpha value is -4.59. The first-order valence-corrected chi connectivity index (χ1v) is 33.5. The Kier molecular flexibility index (Phi) is 31.4. The molecule has 6 aliphatic rings. The minimum absolute atomic E-state index is 0.0641. The fraction of sp³-hybridized carbons (Fsp3) is 0.825. The van der Waals surface area contributed by atoms with Crippen LogP contribution < -0.4 is 31.3 Å². The van der Waals surface area contributed by atoms with Gasteiger partial charge in [0.15, 0.2) is 37.7 Å². The molecule has 0 radical (unpaired) electrons. The Balaban J connectivity index is 1.07. The molecule has 6 saturated heterocycles. The van der Waals surface area contributed by atoms with Gasteiger partial charge in [0.05, 0.1) is 51.8 Å².